The summed E-state index contributed by atoms with van der Waals surface area (Å²) in [6, 6.07) is 4.15. The molecule has 2 heteroatoms. The van der Waals surface area contributed by atoms with Crippen molar-refractivity contribution in [1.82, 2.24) is 4.98 Å². The highest BCUT2D eigenvalue weighted by Crippen LogP contribution is 2.37. The molecule has 2 rings (SSSR count). The lowest BCUT2D eigenvalue weighted by atomic mass is 9.81. The number of nitrogens with zero attached hydrogens (tertiary/aromatic N) is 2. The van der Waals surface area contributed by atoms with Crippen molar-refractivity contribution in [3.63, 3.8) is 0 Å². The molecule has 1 heterocycles. The molecule has 0 fully saturated rings. The number of nitriles is 1. The number of fused-ring (bicyclic) bond motifs is 1. The molecule has 1 aromatic rings. The molecule has 0 aromatic carbocycles. The van der Waals surface area contributed by atoms with Crippen LogP contribution in [0, 0.1) is 11.3 Å². The van der Waals surface area contributed by atoms with Crippen LogP contribution >= 0.6 is 0 Å². The topological polar surface area (TPSA) is 36.7 Å². The van der Waals surface area contributed by atoms with E-state index in [0.717, 1.165) is 0 Å². The van der Waals surface area contributed by atoms with Crippen molar-refractivity contribution in [3.8, 4) is 6.07 Å². The average molecular weight is 186 g/mol. The molecule has 0 saturated carbocycles. The smallest absolute Gasteiger partial charge is 0.101 e. The zero-order valence-electron chi connectivity index (χ0n) is 8.62. The van der Waals surface area contributed by atoms with E-state index in [-0.39, 0.29) is 0 Å². The Morgan fingerprint density at radius 1 is 1.36 bits per heavy atom. The van der Waals surface area contributed by atoms with Gasteiger partial charge in [-0.1, -0.05) is 13.8 Å². The molecule has 0 aliphatic heterocycles. The van der Waals surface area contributed by atoms with Gasteiger partial charge in [-0.15, -0.1) is 0 Å². The Morgan fingerprint density at radius 2 is 2.07 bits per heavy atom. The first-order chi connectivity index (χ1) is 6.72. The molecule has 0 saturated heterocycles. The highest BCUT2D eigenvalue weighted by molar-refractivity contribution is 5.37. The minimum absolute atomic E-state index is 0.550. The number of rotatable bonds is 0. The van der Waals surface area contributed by atoms with Crippen LogP contribution < -0.4 is 0 Å². The van der Waals surface area contributed by atoms with Gasteiger partial charge in [0.05, 0.1) is 5.56 Å². The molecule has 72 valence electrons. The van der Waals surface area contributed by atoms with E-state index in [9.17, 15) is 0 Å². The van der Waals surface area contributed by atoms with Gasteiger partial charge in [0, 0.05) is 11.9 Å². The first-order valence-electron chi connectivity index (χ1n) is 5.12. The number of hydrogen-bond acceptors (Lipinski definition) is 2. The van der Waals surface area contributed by atoms with Crippen LogP contribution in [0.2, 0.25) is 0 Å². The van der Waals surface area contributed by atoms with Crippen molar-refractivity contribution >= 4 is 0 Å². The van der Waals surface area contributed by atoms with Gasteiger partial charge in [0.2, 0.25) is 0 Å². The molecule has 1 aromatic heterocycles. The van der Waals surface area contributed by atoms with E-state index in [2.05, 4.69) is 24.9 Å². The standard InChI is InChI=1S/C12H14N2/c1-8-3-4-9(2)12-11(8)5-10(6-13)7-14-12/h5,7-9H,3-4H2,1-2H3. The molecule has 0 bridgehead atoms. The Bertz CT molecular complexity index is 390. The lowest BCUT2D eigenvalue weighted by Gasteiger charge is -2.26. The maximum atomic E-state index is 8.80. The lowest BCUT2D eigenvalue weighted by Crippen LogP contribution is -2.12. The molecular formula is C12H14N2. The molecular weight excluding hydrogens is 172 g/mol. The molecule has 1 aliphatic carbocycles. The Hall–Kier alpha value is -1.36. The Kier molecular flexibility index (Phi) is 2.25. The molecule has 1 aliphatic rings. The second-order valence-corrected chi connectivity index (χ2v) is 4.19. The van der Waals surface area contributed by atoms with E-state index < -0.39 is 0 Å². The van der Waals surface area contributed by atoms with Crippen molar-refractivity contribution in [3.05, 3.63) is 29.1 Å². The number of aromatic nitrogens is 1. The molecule has 0 N–H and O–H groups in total. The third-order valence-electron chi connectivity index (χ3n) is 3.11. The molecule has 2 unspecified atom stereocenters. The fourth-order valence-electron chi connectivity index (χ4n) is 2.15. The second kappa shape index (κ2) is 3.42. The van der Waals surface area contributed by atoms with E-state index in [4.69, 9.17) is 5.26 Å². The summed E-state index contributed by atoms with van der Waals surface area (Å²) < 4.78 is 0. The third kappa shape index (κ3) is 1.39. The zero-order valence-corrected chi connectivity index (χ0v) is 8.62. The summed E-state index contributed by atoms with van der Waals surface area (Å²) in [7, 11) is 0. The van der Waals surface area contributed by atoms with Gasteiger partial charge in [-0.2, -0.15) is 5.26 Å². The van der Waals surface area contributed by atoms with Crippen molar-refractivity contribution in [2.45, 2.75) is 38.5 Å². The van der Waals surface area contributed by atoms with Gasteiger partial charge in [-0.3, -0.25) is 4.98 Å². The van der Waals surface area contributed by atoms with Gasteiger partial charge < -0.3 is 0 Å². The van der Waals surface area contributed by atoms with Gasteiger partial charge in [0.25, 0.3) is 0 Å². The summed E-state index contributed by atoms with van der Waals surface area (Å²) in [6.07, 6.45) is 4.12. The van der Waals surface area contributed by atoms with E-state index >= 15 is 0 Å². The Balaban J connectivity index is 2.52. The predicted molar refractivity (Wildman–Crippen MR) is 55.0 cm³/mol. The summed E-state index contributed by atoms with van der Waals surface area (Å²) in [6.45, 7) is 4.43. The maximum absolute atomic E-state index is 8.80. The van der Waals surface area contributed by atoms with Gasteiger partial charge in [0.1, 0.15) is 6.07 Å². The SMILES string of the molecule is CC1CCC(C)c2ncc(C#N)cc21. The van der Waals surface area contributed by atoms with Crippen LogP contribution in [0.3, 0.4) is 0 Å². The van der Waals surface area contributed by atoms with E-state index in [0.29, 0.717) is 17.4 Å². The first-order valence-corrected chi connectivity index (χ1v) is 5.12. The highest BCUT2D eigenvalue weighted by atomic mass is 14.7. The summed E-state index contributed by atoms with van der Waals surface area (Å²) in [5.74, 6) is 1.11. The van der Waals surface area contributed by atoms with Crippen LogP contribution in [0.5, 0.6) is 0 Å². The largest absolute Gasteiger partial charge is 0.259 e. The van der Waals surface area contributed by atoms with Crippen molar-refractivity contribution in [2.24, 2.45) is 0 Å². The number of pyridine rings is 1. The fourth-order valence-corrected chi connectivity index (χ4v) is 2.15. The zero-order chi connectivity index (χ0) is 10.1. The average Bonchev–Trinajstić information content (AvgIpc) is 2.23. The van der Waals surface area contributed by atoms with Gasteiger partial charge >= 0.3 is 0 Å². The molecule has 0 spiro atoms. The minimum Gasteiger partial charge on any atom is -0.259 e. The third-order valence-corrected chi connectivity index (χ3v) is 3.11. The van der Waals surface area contributed by atoms with Crippen LogP contribution in [0.25, 0.3) is 0 Å². The van der Waals surface area contributed by atoms with Crippen molar-refractivity contribution in [2.75, 3.05) is 0 Å². The first kappa shape index (κ1) is 9.21. The van der Waals surface area contributed by atoms with Crippen LogP contribution in [0.4, 0.5) is 0 Å². The van der Waals surface area contributed by atoms with E-state index in [1.54, 1.807) is 6.20 Å². The lowest BCUT2D eigenvalue weighted by molar-refractivity contribution is 0.514. The minimum atomic E-state index is 0.550. The highest BCUT2D eigenvalue weighted by Gasteiger charge is 2.23. The van der Waals surface area contributed by atoms with Crippen molar-refractivity contribution < 1.29 is 0 Å². The van der Waals surface area contributed by atoms with Crippen LogP contribution in [0.1, 0.15) is 55.3 Å². The van der Waals surface area contributed by atoms with Gasteiger partial charge in [-0.25, -0.2) is 0 Å². The number of hydrogen-bond donors (Lipinski definition) is 0. The van der Waals surface area contributed by atoms with Crippen LogP contribution in [0.15, 0.2) is 12.3 Å². The van der Waals surface area contributed by atoms with Crippen LogP contribution in [-0.4, -0.2) is 4.98 Å². The Morgan fingerprint density at radius 3 is 2.79 bits per heavy atom. The van der Waals surface area contributed by atoms with E-state index in [1.807, 2.05) is 6.07 Å². The molecule has 14 heavy (non-hydrogen) atoms. The second-order valence-electron chi connectivity index (χ2n) is 4.19. The maximum Gasteiger partial charge on any atom is 0.101 e. The molecule has 2 atom stereocenters. The summed E-state index contributed by atoms with van der Waals surface area (Å²) in [5.41, 5.74) is 3.16. The molecule has 0 radical (unpaired) electrons. The Labute approximate surface area is 84.6 Å². The summed E-state index contributed by atoms with van der Waals surface area (Å²) in [5, 5.41) is 8.80. The van der Waals surface area contributed by atoms with Gasteiger partial charge in [-0.05, 0) is 36.3 Å². The predicted octanol–water partition coefficient (Wildman–Crippen LogP) is 2.95. The monoisotopic (exact) mass is 186 g/mol. The molecule has 2 nitrogen and oxygen atoms in total. The summed E-state index contributed by atoms with van der Waals surface area (Å²) >= 11 is 0. The van der Waals surface area contributed by atoms with Gasteiger partial charge in [0.15, 0.2) is 0 Å². The van der Waals surface area contributed by atoms with Crippen LogP contribution in [-0.2, 0) is 0 Å². The van der Waals surface area contributed by atoms with E-state index in [1.165, 1.54) is 24.1 Å². The van der Waals surface area contributed by atoms with Crippen molar-refractivity contribution in [1.29, 1.82) is 5.26 Å². The summed E-state index contributed by atoms with van der Waals surface area (Å²) in [4.78, 5) is 4.40. The normalized spacial score (nSPS) is 25.2. The quantitative estimate of drug-likeness (QED) is 0.624. The fraction of sp³-hybridized carbons (Fsp3) is 0.500. The molecule has 0 amide bonds.